The van der Waals surface area contributed by atoms with Gasteiger partial charge in [-0.3, -0.25) is 0 Å². The van der Waals surface area contributed by atoms with Crippen LogP contribution in [0.3, 0.4) is 0 Å². The molecule has 0 saturated heterocycles. The molecule has 0 radical (unpaired) electrons. The summed E-state index contributed by atoms with van der Waals surface area (Å²) >= 11 is 0. The second-order valence-corrected chi connectivity index (χ2v) is 4.73. The van der Waals surface area contributed by atoms with E-state index in [0.29, 0.717) is 6.54 Å². The molecular weight excluding hydrogens is 264 g/mol. The van der Waals surface area contributed by atoms with E-state index >= 15 is 0 Å². The number of carbonyl (C=O) groups is 1. The molecule has 0 atom stereocenters. The maximum Gasteiger partial charge on any atom is 0.328 e. The summed E-state index contributed by atoms with van der Waals surface area (Å²) in [6, 6.07) is 15.7. The molecule has 0 unspecified atom stereocenters. The number of aliphatic carboxylic acids is 1. The number of hydrogen-bond acceptors (Lipinski definition) is 2. The Labute approximate surface area is 122 Å². The van der Waals surface area contributed by atoms with E-state index in [9.17, 15) is 4.79 Å². The summed E-state index contributed by atoms with van der Waals surface area (Å²) in [5, 5.41) is 8.76. The average molecular weight is 278 g/mol. The lowest BCUT2D eigenvalue weighted by molar-refractivity contribution is -0.131. The molecule has 0 amide bonds. The van der Waals surface area contributed by atoms with Gasteiger partial charge in [-0.25, -0.2) is 9.78 Å². The molecule has 0 aliphatic heterocycles. The minimum Gasteiger partial charge on any atom is -0.478 e. The van der Waals surface area contributed by atoms with Gasteiger partial charge < -0.3 is 9.67 Å². The molecular formula is C17H14N2O2. The van der Waals surface area contributed by atoms with Crippen molar-refractivity contribution in [1.82, 2.24) is 9.55 Å². The number of aromatic nitrogens is 2. The van der Waals surface area contributed by atoms with E-state index in [0.717, 1.165) is 28.2 Å². The summed E-state index contributed by atoms with van der Waals surface area (Å²) in [5.74, 6) is -0.946. The first-order chi connectivity index (χ1) is 10.2. The SMILES string of the molecule is O=C(O)C=Cc1ccccc1Cn1cnc2ccccc21. The first-order valence-corrected chi connectivity index (χ1v) is 6.63. The van der Waals surface area contributed by atoms with Crippen molar-refractivity contribution in [2.24, 2.45) is 0 Å². The number of hydrogen-bond donors (Lipinski definition) is 1. The van der Waals surface area contributed by atoms with E-state index in [1.165, 1.54) is 0 Å². The van der Waals surface area contributed by atoms with E-state index in [1.807, 2.05) is 54.9 Å². The van der Waals surface area contributed by atoms with Crippen molar-refractivity contribution in [3.8, 4) is 0 Å². The van der Waals surface area contributed by atoms with Crippen molar-refractivity contribution in [2.45, 2.75) is 6.54 Å². The Morgan fingerprint density at radius 2 is 1.90 bits per heavy atom. The molecule has 104 valence electrons. The topological polar surface area (TPSA) is 55.1 Å². The van der Waals surface area contributed by atoms with Crippen LogP contribution in [0.2, 0.25) is 0 Å². The van der Waals surface area contributed by atoms with Gasteiger partial charge in [-0.05, 0) is 29.3 Å². The van der Waals surface area contributed by atoms with Gasteiger partial charge >= 0.3 is 5.97 Å². The molecule has 3 aromatic rings. The van der Waals surface area contributed by atoms with Gasteiger partial charge in [0, 0.05) is 12.6 Å². The Morgan fingerprint density at radius 3 is 2.76 bits per heavy atom. The van der Waals surface area contributed by atoms with Crippen LogP contribution in [0.25, 0.3) is 17.1 Å². The van der Waals surface area contributed by atoms with E-state index < -0.39 is 5.97 Å². The van der Waals surface area contributed by atoms with Gasteiger partial charge in [0.25, 0.3) is 0 Å². The minimum absolute atomic E-state index is 0.653. The highest BCUT2D eigenvalue weighted by Gasteiger charge is 2.04. The summed E-state index contributed by atoms with van der Waals surface area (Å²) in [4.78, 5) is 15.0. The van der Waals surface area contributed by atoms with Crippen LogP contribution >= 0.6 is 0 Å². The molecule has 0 spiro atoms. The molecule has 4 heteroatoms. The third-order valence-electron chi connectivity index (χ3n) is 3.33. The minimum atomic E-state index is -0.946. The third-order valence-corrected chi connectivity index (χ3v) is 3.33. The van der Waals surface area contributed by atoms with Gasteiger partial charge in [0.05, 0.1) is 17.4 Å². The summed E-state index contributed by atoms with van der Waals surface area (Å²) < 4.78 is 2.06. The van der Waals surface area contributed by atoms with Gasteiger partial charge in [0.15, 0.2) is 0 Å². The van der Waals surface area contributed by atoms with Gasteiger partial charge in [0.1, 0.15) is 0 Å². The lowest BCUT2D eigenvalue weighted by atomic mass is 10.1. The Morgan fingerprint density at radius 1 is 1.14 bits per heavy atom. The van der Waals surface area contributed by atoms with Crippen LogP contribution in [0.4, 0.5) is 0 Å². The zero-order valence-corrected chi connectivity index (χ0v) is 11.3. The van der Waals surface area contributed by atoms with Crippen molar-refractivity contribution in [2.75, 3.05) is 0 Å². The molecule has 0 fully saturated rings. The Kier molecular flexibility index (Phi) is 3.51. The highest BCUT2D eigenvalue weighted by molar-refractivity contribution is 5.85. The number of benzene rings is 2. The van der Waals surface area contributed by atoms with Crippen molar-refractivity contribution in [1.29, 1.82) is 0 Å². The van der Waals surface area contributed by atoms with Gasteiger partial charge in [-0.15, -0.1) is 0 Å². The molecule has 4 nitrogen and oxygen atoms in total. The number of fused-ring (bicyclic) bond motifs is 1. The molecule has 0 aliphatic rings. The number of para-hydroxylation sites is 2. The maximum atomic E-state index is 10.7. The molecule has 0 saturated carbocycles. The number of imidazole rings is 1. The van der Waals surface area contributed by atoms with Crippen molar-refractivity contribution >= 4 is 23.1 Å². The molecule has 1 N–H and O–H groups in total. The van der Waals surface area contributed by atoms with E-state index in [-0.39, 0.29) is 0 Å². The van der Waals surface area contributed by atoms with Crippen molar-refractivity contribution in [3.63, 3.8) is 0 Å². The number of nitrogens with zero attached hydrogens (tertiary/aromatic N) is 2. The molecule has 3 rings (SSSR count). The zero-order chi connectivity index (χ0) is 14.7. The lowest BCUT2D eigenvalue weighted by Crippen LogP contribution is -2.00. The van der Waals surface area contributed by atoms with Crippen LogP contribution in [-0.2, 0) is 11.3 Å². The van der Waals surface area contributed by atoms with Crippen LogP contribution in [-0.4, -0.2) is 20.6 Å². The fraction of sp³-hybridized carbons (Fsp3) is 0.0588. The predicted molar refractivity (Wildman–Crippen MR) is 81.9 cm³/mol. The van der Waals surface area contributed by atoms with Crippen LogP contribution in [0, 0.1) is 0 Å². The summed E-state index contributed by atoms with van der Waals surface area (Å²) in [7, 11) is 0. The monoisotopic (exact) mass is 278 g/mol. The average Bonchev–Trinajstić information content (AvgIpc) is 2.90. The molecule has 0 aliphatic carbocycles. The number of carboxylic acids is 1. The molecule has 1 aromatic heterocycles. The van der Waals surface area contributed by atoms with E-state index in [4.69, 9.17) is 5.11 Å². The van der Waals surface area contributed by atoms with Crippen molar-refractivity contribution < 1.29 is 9.90 Å². The van der Waals surface area contributed by atoms with Gasteiger partial charge in [0.2, 0.25) is 0 Å². The van der Waals surface area contributed by atoms with Crippen molar-refractivity contribution in [3.05, 3.63) is 72.1 Å². The first-order valence-electron chi connectivity index (χ1n) is 6.63. The molecule has 0 bridgehead atoms. The maximum absolute atomic E-state index is 10.7. The van der Waals surface area contributed by atoms with Crippen LogP contribution in [0.15, 0.2) is 60.9 Å². The molecule has 21 heavy (non-hydrogen) atoms. The number of carboxylic acid groups (broad SMARTS) is 1. The smallest absolute Gasteiger partial charge is 0.328 e. The summed E-state index contributed by atoms with van der Waals surface area (Å²) in [6.07, 6.45) is 4.59. The predicted octanol–water partition coefficient (Wildman–Crippen LogP) is 3.18. The molecule has 1 heterocycles. The standard InChI is InChI=1S/C17H14N2O2/c20-17(21)10-9-13-5-1-2-6-14(13)11-19-12-18-15-7-3-4-8-16(15)19/h1-10,12H,11H2,(H,20,21). The largest absolute Gasteiger partial charge is 0.478 e. The van der Waals surface area contributed by atoms with E-state index in [2.05, 4.69) is 9.55 Å². The highest BCUT2D eigenvalue weighted by Crippen LogP contribution is 2.17. The second-order valence-electron chi connectivity index (χ2n) is 4.73. The fourth-order valence-corrected chi connectivity index (χ4v) is 2.32. The summed E-state index contributed by atoms with van der Waals surface area (Å²) in [6.45, 7) is 0.653. The van der Waals surface area contributed by atoms with Crippen LogP contribution in [0.5, 0.6) is 0 Å². The quantitative estimate of drug-likeness (QED) is 0.746. The highest BCUT2D eigenvalue weighted by atomic mass is 16.4. The number of rotatable bonds is 4. The molecule has 2 aromatic carbocycles. The third kappa shape index (κ3) is 2.84. The van der Waals surface area contributed by atoms with Gasteiger partial charge in [-0.1, -0.05) is 36.4 Å². The Balaban J connectivity index is 1.96. The van der Waals surface area contributed by atoms with Gasteiger partial charge in [-0.2, -0.15) is 0 Å². The Bertz CT molecular complexity index is 818. The zero-order valence-electron chi connectivity index (χ0n) is 11.3. The lowest BCUT2D eigenvalue weighted by Gasteiger charge is -2.08. The first kappa shape index (κ1) is 13.1. The second kappa shape index (κ2) is 5.63. The van der Waals surface area contributed by atoms with Crippen LogP contribution < -0.4 is 0 Å². The summed E-state index contributed by atoms with van der Waals surface area (Å²) in [5.41, 5.74) is 3.97. The Hall–Kier alpha value is -2.88. The van der Waals surface area contributed by atoms with E-state index in [1.54, 1.807) is 6.08 Å². The normalized spacial score (nSPS) is 11.2. The van der Waals surface area contributed by atoms with Crippen LogP contribution in [0.1, 0.15) is 11.1 Å². The fourth-order valence-electron chi connectivity index (χ4n) is 2.32.